The Morgan fingerprint density at radius 3 is 2.79 bits per heavy atom. The maximum Gasteiger partial charge on any atom is 0.349 e. The maximum absolute atomic E-state index is 11.9. The molecule has 7 nitrogen and oxygen atoms in total. The molecule has 124 valence electrons. The van der Waals surface area contributed by atoms with E-state index < -0.39 is 5.97 Å². The summed E-state index contributed by atoms with van der Waals surface area (Å²) in [6.07, 6.45) is 0. The minimum atomic E-state index is -0.580. The molecule has 0 saturated carbocycles. The molecule has 1 aliphatic heterocycles. The lowest BCUT2D eigenvalue weighted by atomic mass is 10.2. The molecule has 0 aliphatic carbocycles. The van der Waals surface area contributed by atoms with Crippen LogP contribution in [0.15, 0.2) is 42.5 Å². The van der Waals surface area contributed by atoms with Crippen LogP contribution in [0.2, 0.25) is 0 Å². The van der Waals surface area contributed by atoms with Crippen molar-refractivity contribution in [1.82, 2.24) is 0 Å². The number of nitrogens with one attached hydrogen (secondary N) is 1. The topological polar surface area (TPSA) is 83.1 Å². The van der Waals surface area contributed by atoms with Gasteiger partial charge in [0.25, 0.3) is 5.91 Å². The number of carbonyl (C=O) groups is 2. The summed E-state index contributed by atoms with van der Waals surface area (Å²) in [4.78, 5) is 23.2. The Hall–Kier alpha value is -3.22. The molecule has 0 fully saturated rings. The molecule has 2 aromatic carbocycles. The molecule has 3 rings (SSSR count). The highest BCUT2D eigenvalue weighted by Crippen LogP contribution is 2.31. The zero-order valence-electron chi connectivity index (χ0n) is 12.9. The van der Waals surface area contributed by atoms with Gasteiger partial charge >= 0.3 is 5.97 Å². The lowest BCUT2D eigenvalue weighted by molar-refractivity contribution is -0.136. The van der Waals surface area contributed by atoms with Crippen molar-refractivity contribution in [3.63, 3.8) is 0 Å². The second-order valence-corrected chi connectivity index (χ2v) is 4.91. The lowest BCUT2D eigenvalue weighted by Gasteiger charge is -2.18. The van der Waals surface area contributed by atoms with E-state index in [9.17, 15) is 9.59 Å². The fourth-order valence-corrected chi connectivity index (χ4v) is 2.16. The molecule has 0 aromatic heterocycles. The van der Waals surface area contributed by atoms with Crippen molar-refractivity contribution in [3.05, 3.63) is 42.5 Å². The van der Waals surface area contributed by atoms with Crippen molar-refractivity contribution in [2.24, 2.45) is 0 Å². The van der Waals surface area contributed by atoms with Crippen LogP contribution in [-0.2, 0) is 9.59 Å². The van der Waals surface area contributed by atoms with Gasteiger partial charge in [-0.3, -0.25) is 4.79 Å². The number of hydrogen-bond acceptors (Lipinski definition) is 6. The van der Waals surface area contributed by atoms with Gasteiger partial charge in [0, 0.05) is 6.07 Å². The van der Waals surface area contributed by atoms with Crippen molar-refractivity contribution in [2.45, 2.75) is 0 Å². The molecule has 24 heavy (non-hydrogen) atoms. The number of amides is 1. The summed E-state index contributed by atoms with van der Waals surface area (Å²) in [6.45, 7) is -0.306. The fraction of sp³-hybridized carbons (Fsp3) is 0.176. The fourth-order valence-electron chi connectivity index (χ4n) is 2.16. The summed E-state index contributed by atoms with van der Waals surface area (Å²) in [5.74, 6) is 0.948. The highest BCUT2D eigenvalue weighted by Gasteiger charge is 2.17. The number of hydrogen-bond donors (Lipinski definition) is 1. The zero-order valence-corrected chi connectivity index (χ0v) is 12.9. The molecule has 0 saturated heterocycles. The normalized spacial score (nSPS) is 12.5. The first-order valence-electron chi connectivity index (χ1n) is 7.19. The number of para-hydroxylation sites is 2. The summed E-state index contributed by atoms with van der Waals surface area (Å²) in [5, 5.41) is 2.64. The van der Waals surface area contributed by atoms with Crippen molar-refractivity contribution in [2.75, 3.05) is 25.6 Å². The Balaban J connectivity index is 1.61. The van der Waals surface area contributed by atoms with Gasteiger partial charge in [0.15, 0.2) is 24.7 Å². The van der Waals surface area contributed by atoms with Crippen LogP contribution >= 0.6 is 0 Å². The summed E-state index contributed by atoms with van der Waals surface area (Å²) in [7, 11) is 1.52. The average Bonchev–Trinajstić information content (AvgIpc) is 2.60. The molecule has 0 radical (unpaired) electrons. The summed E-state index contributed by atoms with van der Waals surface area (Å²) >= 11 is 0. The van der Waals surface area contributed by atoms with Crippen LogP contribution in [0.4, 0.5) is 5.69 Å². The average molecular weight is 329 g/mol. The number of methoxy groups -OCH3 is 1. The third-order valence-corrected chi connectivity index (χ3v) is 3.23. The molecule has 2 aromatic rings. The Labute approximate surface area is 138 Å². The molecule has 1 heterocycles. The van der Waals surface area contributed by atoms with E-state index in [2.05, 4.69) is 5.32 Å². The van der Waals surface area contributed by atoms with E-state index in [1.807, 2.05) is 0 Å². The van der Waals surface area contributed by atoms with Crippen LogP contribution in [0.5, 0.6) is 23.0 Å². The van der Waals surface area contributed by atoms with Gasteiger partial charge < -0.3 is 24.3 Å². The van der Waals surface area contributed by atoms with E-state index in [-0.39, 0.29) is 24.9 Å². The van der Waals surface area contributed by atoms with Gasteiger partial charge in [-0.25, -0.2) is 4.79 Å². The SMILES string of the molecule is COc1ccccc1OCC(=O)Oc1ccc2c(c1)NC(=O)CO2. The standard InChI is InChI=1S/C17H15NO6/c1-21-14-4-2-3-5-15(14)23-10-17(20)24-11-6-7-13-12(8-11)18-16(19)9-22-13/h2-8H,9-10H2,1H3,(H,18,19). The maximum atomic E-state index is 11.9. The second-order valence-electron chi connectivity index (χ2n) is 4.91. The number of carbonyl (C=O) groups excluding carboxylic acids is 2. The predicted octanol–water partition coefficient (Wildman–Crippen LogP) is 2.01. The number of anilines is 1. The van der Waals surface area contributed by atoms with E-state index in [0.717, 1.165) is 0 Å². The Kier molecular flexibility index (Phi) is 4.51. The number of ether oxygens (including phenoxy) is 4. The van der Waals surface area contributed by atoms with E-state index >= 15 is 0 Å². The van der Waals surface area contributed by atoms with E-state index in [0.29, 0.717) is 22.9 Å². The van der Waals surface area contributed by atoms with E-state index in [1.54, 1.807) is 36.4 Å². The van der Waals surface area contributed by atoms with Gasteiger partial charge in [-0.15, -0.1) is 0 Å². The van der Waals surface area contributed by atoms with Crippen LogP contribution in [0.3, 0.4) is 0 Å². The molecular weight excluding hydrogens is 314 g/mol. The highest BCUT2D eigenvalue weighted by molar-refractivity contribution is 5.95. The van der Waals surface area contributed by atoms with Crippen molar-refractivity contribution < 1.29 is 28.5 Å². The Morgan fingerprint density at radius 2 is 2.00 bits per heavy atom. The molecule has 0 atom stereocenters. The highest BCUT2D eigenvalue weighted by atomic mass is 16.6. The van der Waals surface area contributed by atoms with Crippen LogP contribution in [0, 0.1) is 0 Å². The third-order valence-electron chi connectivity index (χ3n) is 3.23. The molecule has 1 amide bonds. The first kappa shape index (κ1) is 15.7. The first-order chi connectivity index (χ1) is 11.7. The minimum absolute atomic E-state index is 0.0289. The van der Waals surface area contributed by atoms with E-state index in [1.165, 1.54) is 13.2 Å². The molecule has 1 N–H and O–H groups in total. The molecule has 0 spiro atoms. The van der Waals surface area contributed by atoms with Gasteiger partial charge in [0.05, 0.1) is 12.8 Å². The Bertz CT molecular complexity index is 773. The quantitative estimate of drug-likeness (QED) is 0.667. The second kappa shape index (κ2) is 6.91. The smallest absolute Gasteiger partial charge is 0.349 e. The monoisotopic (exact) mass is 329 g/mol. The third kappa shape index (κ3) is 3.57. The Morgan fingerprint density at radius 1 is 1.21 bits per heavy atom. The van der Waals surface area contributed by atoms with E-state index in [4.69, 9.17) is 18.9 Å². The van der Waals surface area contributed by atoms with Gasteiger partial charge in [-0.2, -0.15) is 0 Å². The van der Waals surface area contributed by atoms with Crippen molar-refractivity contribution in [3.8, 4) is 23.0 Å². The lowest BCUT2D eigenvalue weighted by Crippen LogP contribution is -2.25. The first-order valence-corrected chi connectivity index (χ1v) is 7.19. The van der Waals surface area contributed by atoms with Gasteiger partial charge in [0.1, 0.15) is 11.5 Å². The number of benzene rings is 2. The summed E-state index contributed by atoms with van der Waals surface area (Å²) < 4.78 is 21.0. The van der Waals surface area contributed by atoms with Gasteiger partial charge in [-0.05, 0) is 24.3 Å². The van der Waals surface area contributed by atoms with Gasteiger partial charge in [-0.1, -0.05) is 12.1 Å². The zero-order chi connectivity index (χ0) is 16.9. The molecular formula is C17H15NO6. The minimum Gasteiger partial charge on any atom is -0.493 e. The van der Waals surface area contributed by atoms with Crippen LogP contribution < -0.4 is 24.3 Å². The number of esters is 1. The molecule has 0 unspecified atom stereocenters. The van der Waals surface area contributed by atoms with Crippen molar-refractivity contribution >= 4 is 17.6 Å². The molecule has 1 aliphatic rings. The number of fused-ring (bicyclic) bond motifs is 1. The summed E-state index contributed by atoms with van der Waals surface area (Å²) in [6, 6.07) is 11.7. The van der Waals surface area contributed by atoms with Gasteiger partial charge in [0.2, 0.25) is 0 Å². The van der Waals surface area contributed by atoms with Crippen LogP contribution in [0.25, 0.3) is 0 Å². The number of rotatable bonds is 5. The summed E-state index contributed by atoms with van der Waals surface area (Å²) in [5.41, 5.74) is 0.460. The molecule has 7 heteroatoms. The largest absolute Gasteiger partial charge is 0.493 e. The van der Waals surface area contributed by atoms with Crippen LogP contribution in [0.1, 0.15) is 0 Å². The molecule has 0 bridgehead atoms. The van der Waals surface area contributed by atoms with Crippen LogP contribution in [-0.4, -0.2) is 32.2 Å². The van der Waals surface area contributed by atoms with Crippen molar-refractivity contribution in [1.29, 1.82) is 0 Å². The predicted molar refractivity (Wildman–Crippen MR) is 84.7 cm³/mol.